The van der Waals surface area contributed by atoms with Crippen LogP contribution in [0, 0.1) is 5.92 Å². The Morgan fingerprint density at radius 2 is 1.50 bits per heavy atom. The molecular formula is C24H26ClF3N2O2. The molecule has 0 aliphatic carbocycles. The first-order chi connectivity index (χ1) is 15.0. The molecule has 172 valence electrons. The van der Waals surface area contributed by atoms with Crippen LogP contribution in [0.15, 0.2) is 48.5 Å². The Balaban J connectivity index is 1.51. The monoisotopic (exact) mass is 466 g/mol. The molecule has 0 bridgehead atoms. The summed E-state index contributed by atoms with van der Waals surface area (Å²) in [5.74, 6) is -0.567. The van der Waals surface area contributed by atoms with E-state index >= 15 is 0 Å². The number of nitrogens with one attached hydrogen (secondary N) is 1. The zero-order valence-corrected chi connectivity index (χ0v) is 18.8. The number of hydrogen-bond donors (Lipinski definition) is 1. The topological polar surface area (TPSA) is 49.4 Å². The van der Waals surface area contributed by atoms with Crippen molar-refractivity contribution in [2.45, 2.75) is 38.3 Å². The van der Waals surface area contributed by atoms with Gasteiger partial charge in [0.25, 0.3) is 5.91 Å². The molecule has 1 aliphatic heterocycles. The van der Waals surface area contributed by atoms with E-state index < -0.39 is 11.7 Å². The van der Waals surface area contributed by atoms with Crippen LogP contribution in [-0.2, 0) is 16.4 Å². The summed E-state index contributed by atoms with van der Waals surface area (Å²) < 4.78 is 38.1. The Labute approximate surface area is 190 Å². The van der Waals surface area contributed by atoms with E-state index in [0.29, 0.717) is 37.5 Å². The van der Waals surface area contributed by atoms with Gasteiger partial charge in [0.1, 0.15) is 0 Å². The van der Waals surface area contributed by atoms with Gasteiger partial charge in [0.15, 0.2) is 0 Å². The smallest absolute Gasteiger partial charge is 0.355 e. The van der Waals surface area contributed by atoms with Gasteiger partial charge in [-0.2, -0.15) is 13.2 Å². The van der Waals surface area contributed by atoms with E-state index in [1.165, 1.54) is 12.1 Å². The van der Waals surface area contributed by atoms with E-state index in [4.69, 9.17) is 11.6 Å². The average molecular weight is 467 g/mol. The van der Waals surface area contributed by atoms with Crippen LogP contribution in [0.4, 0.5) is 13.2 Å². The number of halogens is 4. The van der Waals surface area contributed by atoms with Crippen LogP contribution in [0.1, 0.15) is 48.2 Å². The van der Waals surface area contributed by atoms with E-state index in [9.17, 15) is 22.8 Å². The van der Waals surface area contributed by atoms with Gasteiger partial charge in [0.05, 0.1) is 5.56 Å². The SMILES string of the molecule is CC(C)(CNC(=O)C1CCN(C(=O)c2ccc(C(F)(F)F)cc2)CC1)c1ccc(Cl)cc1. The third-order valence-electron chi connectivity index (χ3n) is 5.94. The minimum Gasteiger partial charge on any atom is -0.355 e. The fraction of sp³-hybridized carbons (Fsp3) is 0.417. The number of rotatable bonds is 5. The number of hydrogen-bond acceptors (Lipinski definition) is 2. The van der Waals surface area contributed by atoms with E-state index in [-0.39, 0.29) is 28.7 Å². The number of likely N-dealkylation sites (tertiary alicyclic amines) is 1. The number of carbonyl (C=O) groups is 2. The maximum atomic E-state index is 12.7. The maximum Gasteiger partial charge on any atom is 0.416 e. The molecule has 1 heterocycles. The molecule has 0 saturated carbocycles. The Morgan fingerprint density at radius 1 is 0.969 bits per heavy atom. The molecule has 0 radical (unpaired) electrons. The molecule has 1 saturated heterocycles. The first-order valence-corrected chi connectivity index (χ1v) is 10.9. The Morgan fingerprint density at radius 3 is 2.03 bits per heavy atom. The lowest BCUT2D eigenvalue weighted by Crippen LogP contribution is -2.45. The van der Waals surface area contributed by atoms with Gasteiger partial charge >= 0.3 is 6.18 Å². The molecule has 3 rings (SSSR count). The maximum absolute atomic E-state index is 12.7. The standard InChI is InChI=1S/C24H26ClF3N2O2/c1-23(2,18-7-9-20(25)10-8-18)15-29-21(31)16-11-13-30(14-12-16)22(32)17-3-5-19(6-4-17)24(26,27)28/h3-10,16H,11-15H2,1-2H3,(H,29,31). The van der Waals surface area contributed by atoms with Crippen LogP contribution in [-0.4, -0.2) is 36.3 Å². The molecule has 1 aliphatic rings. The van der Waals surface area contributed by atoms with Crippen molar-refractivity contribution < 1.29 is 22.8 Å². The molecule has 0 unspecified atom stereocenters. The minimum atomic E-state index is -4.44. The predicted octanol–water partition coefficient (Wildman–Crippen LogP) is 5.31. The van der Waals surface area contributed by atoms with Gasteiger partial charge in [-0.15, -0.1) is 0 Å². The molecule has 0 atom stereocenters. The molecule has 4 nitrogen and oxygen atoms in total. The molecular weight excluding hydrogens is 441 g/mol. The summed E-state index contributed by atoms with van der Waals surface area (Å²) >= 11 is 5.95. The van der Waals surface area contributed by atoms with Crippen molar-refractivity contribution in [1.82, 2.24) is 10.2 Å². The first-order valence-electron chi connectivity index (χ1n) is 10.5. The lowest BCUT2D eigenvalue weighted by atomic mass is 9.84. The number of benzene rings is 2. The lowest BCUT2D eigenvalue weighted by molar-refractivity contribution is -0.137. The number of alkyl halides is 3. The molecule has 2 aromatic rings. The van der Waals surface area contributed by atoms with Crippen molar-refractivity contribution in [3.05, 3.63) is 70.2 Å². The highest BCUT2D eigenvalue weighted by Crippen LogP contribution is 2.29. The highest BCUT2D eigenvalue weighted by atomic mass is 35.5. The Kier molecular flexibility index (Phi) is 7.18. The van der Waals surface area contributed by atoms with Crippen LogP contribution in [0.25, 0.3) is 0 Å². The molecule has 0 spiro atoms. The Hall–Kier alpha value is -2.54. The van der Waals surface area contributed by atoms with Crippen molar-refractivity contribution >= 4 is 23.4 Å². The fourth-order valence-corrected chi connectivity index (χ4v) is 3.91. The van der Waals surface area contributed by atoms with Gasteiger partial charge in [0, 0.05) is 41.6 Å². The summed E-state index contributed by atoms with van der Waals surface area (Å²) in [7, 11) is 0. The Bertz CT molecular complexity index is 949. The van der Waals surface area contributed by atoms with Gasteiger partial charge in [-0.05, 0) is 54.8 Å². The van der Waals surface area contributed by atoms with E-state index in [1.807, 2.05) is 38.1 Å². The normalized spacial score (nSPS) is 15.5. The van der Waals surface area contributed by atoms with Crippen LogP contribution in [0.5, 0.6) is 0 Å². The van der Waals surface area contributed by atoms with E-state index in [2.05, 4.69) is 5.32 Å². The lowest BCUT2D eigenvalue weighted by Gasteiger charge is -2.32. The van der Waals surface area contributed by atoms with Crippen LogP contribution < -0.4 is 5.32 Å². The highest BCUT2D eigenvalue weighted by molar-refractivity contribution is 6.30. The summed E-state index contributed by atoms with van der Waals surface area (Å²) in [4.78, 5) is 26.9. The molecule has 8 heteroatoms. The van der Waals surface area contributed by atoms with Crippen LogP contribution in [0.2, 0.25) is 5.02 Å². The van der Waals surface area contributed by atoms with Crippen LogP contribution in [0.3, 0.4) is 0 Å². The fourth-order valence-electron chi connectivity index (χ4n) is 3.78. The molecule has 2 amide bonds. The van der Waals surface area contributed by atoms with E-state index in [1.54, 1.807) is 4.90 Å². The van der Waals surface area contributed by atoms with Gasteiger partial charge < -0.3 is 10.2 Å². The van der Waals surface area contributed by atoms with Crippen LogP contribution >= 0.6 is 11.6 Å². The average Bonchev–Trinajstić information content (AvgIpc) is 2.77. The van der Waals surface area contributed by atoms with Gasteiger partial charge in [0.2, 0.25) is 5.91 Å². The number of nitrogens with zero attached hydrogens (tertiary/aromatic N) is 1. The first kappa shape index (κ1) is 24.1. The molecule has 0 aromatic heterocycles. The molecule has 1 fully saturated rings. The quantitative estimate of drug-likeness (QED) is 0.649. The summed E-state index contributed by atoms with van der Waals surface area (Å²) in [6, 6.07) is 11.8. The number of piperidine rings is 1. The number of amides is 2. The predicted molar refractivity (Wildman–Crippen MR) is 118 cm³/mol. The zero-order valence-electron chi connectivity index (χ0n) is 18.0. The van der Waals surface area contributed by atoms with Gasteiger partial charge in [-0.25, -0.2) is 0 Å². The van der Waals surface area contributed by atoms with Gasteiger partial charge in [-0.1, -0.05) is 37.6 Å². The minimum absolute atomic E-state index is 0.0475. The summed E-state index contributed by atoms with van der Waals surface area (Å²) in [6.45, 7) is 5.33. The van der Waals surface area contributed by atoms with Crippen molar-refractivity contribution in [3.8, 4) is 0 Å². The number of carbonyl (C=O) groups excluding carboxylic acids is 2. The van der Waals surface area contributed by atoms with Crippen molar-refractivity contribution in [2.75, 3.05) is 19.6 Å². The van der Waals surface area contributed by atoms with Crippen molar-refractivity contribution in [2.24, 2.45) is 5.92 Å². The third-order valence-corrected chi connectivity index (χ3v) is 6.19. The largest absolute Gasteiger partial charge is 0.416 e. The van der Waals surface area contributed by atoms with Gasteiger partial charge in [-0.3, -0.25) is 9.59 Å². The van der Waals surface area contributed by atoms with Crippen molar-refractivity contribution in [3.63, 3.8) is 0 Å². The second-order valence-corrected chi connectivity index (χ2v) is 9.19. The summed E-state index contributed by atoms with van der Waals surface area (Å²) in [6.07, 6.45) is -3.41. The second kappa shape index (κ2) is 9.53. The van der Waals surface area contributed by atoms with E-state index in [0.717, 1.165) is 17.7 Å². The molecule has 2 aromatic carbocycles. The second-order valence-electron chi connectivity index (χ2n) is 8.75. The van der Waals surface area contributed by atoms with Crippen molar-refractivity contribution in [1.29, 1.82) is 0 Å². The summed E-state index contributed by atoms with van der Waals surface area (Å²) in [5.41, 5.74) is 0.232. The summed E-state index contributed by atoms with van der Waals surface area (Å²) in [5, 5.41) is 3.68. The third kappa shape index (κ3) is 5.82. The zero-order chi connectivity index (χ0) is 23.5. The molecule has 32 heavy (non-hydrogen) atoms. The highest BCUT2D eigenvalue weighted by Gasteiger charge is 2.32. The molecule has 1 N–H and O–H groups in total.